The molecule has 1 unspecified atom stereocenters. The normalized spacial score (nSPS) is 13.1. The largest absolute Gasteiger partial charge is 0.316 e. The van der Waals surface area contributed by atoms with Gasteiger partial charge in [0.1, 0.15) is 0 Å². The van der Waals surface area contributed by atoms with E-state index < -0.39 is 0 Å². The maximum Gasteiger partial charge on any atom is 0.0793 e. The van der Waals surface area contributed by atoms with Crippen molar-refractivity contribution in [1.29, 1.82) is 0 Å². The van der Waals surface area contributed by atoms with Gasteiger partial charge in [-0.2, -0.15) is 0 Å². The third-order valence-corrected chi connectivity index (χ3v) is 0.757. The van der Waals surface area contributed by atoms with Gasteiger partial charge >= 0.3 is 0 Å². The van der Waals surface area contributed by atoms with Crippen LogP contribution in [0.4, 0.5) is 0 Å². The van der Waals surface area contributed by atoms with E-state index in [9.17, 15) is 0 Å². The van der Waals surface area contributed by atoms with Crippen molar-refractivity contribution in [2.24, 2.45) is 5.73 Å². The molecule has 0 amide bonds. The summed E-state index contributed by atoms with van der Waals surface area (Å²) in [4.78, 5) is 0.0255. The Morgan fingerprint density at radius 3 is 2.14 bits per heavy atom. The van der Waals surface area contributed by atoms with Gasteiger partial charge in [-0.1, -0.05) is 27.6 Å². The van der Waals surface area contributed by atoms with E-state index in [4.69, 9.17) is 5.73 Å². The monoisotopic (exact) mass is 163 g/mol. The van der Waals surface area contributed by atoms with Crippen molar-refractivity contribution in [2.75, 3.05) is 0 Å². The Balaban J connectivity index is 3.45. The third kappa shape index (κ3) is 6.18. The SMILES string of the molecule is CC(C)=CC(N)Br. The molecule has 0 radical (unpaired) electrons. The lowest BCUT2D eigenvalue weighted by atomic mass is 10.3. The van der Waals surface area contributed by atoms with E-state index in [-0.39, 0.29) is 4.95 Å². The van der Waals surface area contributed by atoms with Crippen LogP contribution in [0.1, 0.15) is 13.8 Å². The number of nitrogens with two attached hydrogens (primary N) is 1. The summed E-state index contributed by atoms with van der Waals surface area (Å²) in [6.07, 6.45) is 1.94. The second-order valence-electron chi connectivity index (χ2n) is 1.69. The number of rotatable bonds is 1. The Morgan fingerprint density at radius 1 is 1.71 bits per heavy atom. The van der Waals surface area contributed by atoms with Gasteiger partial charge in [-0.25, -0.2) is 0 Å². The molecule has 42 valence electrons. The van der Waals surface area contributed by atoms with Crippen molar-refractivity contribution >= 4 is 15.9 Å². The summed E-state index contributed by atoms with van der Waals surface area (Å²) < 4.78 is 0. The molecule has 0 fully saturated rings. The topological polar surface area (TPSA) is 26.0 Å². The second kappa shape index (κ2) is 3.22. The van der Waals surface area contributed by atoms with Crippen molar-refractivity contribution in [3.05, 3.63) is 11.6 Å². The Bertz CT molecular complexity index is 72.1. The molecule has 0 spiro atoms. The molecule has 7 heavy (non-hydrogen) atoms. The molecule has 1 atom stereocenters. The predicted octanol–water partition coefficient (Wildman–Crippen LogP) is 1.63. The van der Waals surface area contributed by atoms with Gasteiger partial charge in [0.05, 0.1) is 4.95 Å². The van der Waals surface area contributed by atoms with E-state index in [2.05, 4.69) is 15.9 Å². The average molecular weight is 164 g/mol. The molecule has 0 aliphatic carbocycles. The van der Waals surface area contributed by atoms with Gasteiger partial charge in [-0.3, -0.25) is 0 Å². The number of hydrogen-bond acceptors (Lipinski definition) is 1. The van der Waals surface area contributed by atoms with E-state index >= 15 is 0 Å². The first-order valence-electron chi connectivity index (χ1n) is 2.17. The van der Waals surface area contributed by atoms with E-state index in [1.807, 2.05) is 19.9 Å². The molecule has 0 heterocycles. The zero-order valence-corrected chi connectivity index (χ0v) is 6.20. The van der Waals surface area contributed by atoms with Crippen LogP contribution in [0, 0.1) is 0 Å². The van der Waals surface area contributed by atoms with Crippen LogP contribution >= 0.6 is 15.9 Å². The van der Waals surface area contributed by atoms with E-state index in [1.165, 1.54) is 5.57 Å². The van der Waals surface area contributed by atoms with Crippen LogP contribution in [0.15, 0.2) is 11.6 Å². The highest BCUT2D eigenvalue weighted by Crippen LogP contribution is 1.96. The zero-order valence-electron chi connectivity index (χ0n) is 4.61. The molecule has 1 nitrogen and oxygen atoms in total. The van der Waals surface area contributed by atoms with Gasteiger partial charge in [0.2, 0.25) is 0 Å². The molecular weight excluding hydrogens is 154 g/mol. The van der Waals surface area contributed by atoms with E-state index in [0.29, 0.717) is 0 Å². The fraction of sp³-hybridized carbons (Fsp3) is 0.600. The molecule has 0 aromatic heterocycles. The fourth-order valence-corrected chi connectivity index (χ4v) is 0.847. The first-order valence-corrected chi connectivity index (χ1v) is 3.09. The first kappa shape index (κ1) is 7.18. The minimum Gasteiger partial charge on any atom is -0.316 e. The molecule has 0 bridgehead atoms. The summed E-state index contributed by atoms with van der Waals surface area (Å²) in [5.41, 5.74) is 6.57. The van der Waals surface area contributed by atoms with Gasteiger partial charge in [0.25, 0.3) is 0 Å². The lowest BCUT2D eigenvalue weighted by Gasteiger charge is -1.91. The lowest BCUT2D eigenvalue weighted by Crippen LogP contribution is -2.06. The summed E-state index contributed by atoms with van der Waals surface area (Å²) in [5, 5.41) is 0. The smallest absolute Gasteiger partial charge is 0.0793 e. The van der Waals surface area contributed by atoms with E-state index in [1.54, 1.807) is 0 Å². The van der Waals surface area contributed by atoms with Crippen molar-refractivity contribution < 1.29 is 0 Å². The van der Waals surface area contributed by atoms with Crippen LogP contribution in [0.25, 0.3) is 0 Å². The van der Waals surface area contributed by atoms with Crippen LogP contribution in [0.2, 0.25) is 0 Å². The van der Waals surface area contributed by atoms with Crippen molar-refractivity contribution in [1.82, 2.24) is 0 Å². The lowest BCUT2D eigenvalue weighted by molar-refractivity contribution is 1.15. The molecule has 0 aliphatic rings. The maximum atomic E-state index is 5.33. The highest BCUT2D eigenvalue weighted by atomic mass is 79.9. The van der Waals surface area contributed by atoms with Gasteiger partial charge < -0.3 is 5.73 Å². The standard InChI is InChI=1S/C5H10BrN/c1-4(2)3-5(6)7/h3,5H,7H2,1-2H3. The zero-order chi connectivity index (χ0) is 5.86. The Labute approximate surface area is 52.7 Å². The van der Waals surface area contributed by atoms with Crippen molar-refractivity contribution in [2.45, 2.75) is 18.8 Å². The first-order chi connectivity index (χ1) is 3.13. The van der Waals surface area contributed by atoms with Crippen LogP contribution in [0.3, 0.4) is 0 Å². The quantitative estimate of drug-likeness (QED) is 0.355. The highest BCUT2D eigenvalue weighted by molar-refractivity contribution is 9.09. The van der Waals surface area contributed by atoms with E-state index in [0.717, 1.165) is 0 Å². The van der Waals surface area contributed by atoms with Crippen LogP contribution < -0.4 is 5.73 Å². The molecule has 2 heteroatoms. The number of alkyl halides is 1. The Kier molecular flexibility index (Phi) is 3.30. The summed E-state index contributed by atoms with van der Waals surface area (Å²) in [7, 11) is 0. The molecule has 0 aromatic rings. The summed E-state index contributed by atoms with van der Waals surface area (Å²) in [5.74, 6) is 0. The van der Waals surface area contributed by atoms with Crippen LogP contribution in [0.5, 0.6) is 0 Å². The van der Waals surface area contributed by atoms with Crippen LogP contribution in [-0.4, -0.2) is 4.95 Å². The van der Waals surface area contributed by atoms with Gasteiger partial charge in [-0.15, -0.1) is 0 Å². The second-order valence-corrected chi connectivity index (χ2v) is 2.75. The third-order valence-electron chi connectivity index (χ3n) is 0.493. The molecule has 0 saturated heterocycles. The minimum absolute atomic E-state index is 0.0255. The molecular formula is C5H10BrN. The highest BCUT2D eigenvalue weighted by Gasteiger charge is 1.84. The molecule has 0 rings (SSSR count). The molecule has 0 saturated carbocycles. The summed E-state index contributed by atoms with van der Waals surface area (Å²) in [6, 6.07) is 0. The van der Waals surface area contributed by atoms with Gasteiger partial charge in [0.15, 0.2) is 0 Å². The number of hydrogen-bond donors (Lipinski definition) is 1. The average Bonchev–Trinajstić information content (AvgIpc) is 1.27. The predicted molar refractivity (Wildman–Crippen MR) is 36.3 cm³/mol. The van der Waals surface area contributed by atoms with Crippen LogP contribution in [-0.2, 0) is 0 Å². The summed E-state index contributed by atoms with van der Waals surface area (Å²) in [6.45, 7) is 4.03. The van der Waals surface area contributed by atoms with Gasteiger partial charge in [0, 0.05) is 0 Å². The Morgan fingerprint density at radius 2 is 2.14 bits per heavy atom. The van der Waals surface area contributed by atoms with Crippen molar-refractivity contribution in [3.8, 4) is 0 Å². The Hall–Kier alpha value is 0.180. The minimum atomic E-state index is 0.0255. The summed E-state index contributed by atoms with van der Waals surface area (Å²) >= 11 is 3.18. The number of halogens is 1. The molecule has 2 N–H and O–H groups in total. The number of allylic oxidation sites excluding steroid dienone is 1. The molecule has 0 aromatic carbocycles. The maximum absolute atomic E-state index is 5.33. The van der Waals surface area contributed by atoms with Gasteiger partial charge in [-0.05, 0) is 13.8 Å². The fourth-order valence-electron chi connectivity index (χ4n) is 0.318. The molecule has 0 aliphatic heterocycles. The van der Waals surface area contributed by atoms with Crippen molar-refractivity contribution in [3.63, 3.8) is 0 Å².